The zero-order valence-corrected chi connectivity index (χ0v) is 13.0. The highest BCUT2D eigenvalue weighted by Gasteiger charge is 2.11. The molecule has 3 aromatic rings. The van der Waals surface area contributed by atoms with Crippen LogP contribution in [0, 0.1) is 5.82 Å². The van der Waals surface area contributed by atoms with Crippen LogP contribution in [0.2, 0.25) is 0 Å². The summed E-state index contributed by atoms with van der Waals surface area (Å²) in [7, 11) is 3.17. The van der Waals surface area contributed by atoms with E-state index >= 15 is 0 Å². The van der Waals surface area contributed by atoms with Crippen molar-refractivity contribution >= 4 is 27.0 Å². The van der Waals surface area contributed by atoms with Gasteiger partial charge in [0.2, 0.25) is 0 Å². The van der Waals surface area contributed by atoms with Gasteiger partial charge in [-0.15, -0.1) is 0 Å². The lowest BCUT2D eigenvalue weighted by molar-refractivity contribution is 0.394. The maximum atomic E-state index is 13.6. The molecule has 21 heavy (non-hydrogen) atoms. The van der Waals surface area contributed by atoms with Gasteiger partial charge in [-0.2, -0.15) is 0 Å². The first-order valence-electron chi connectivity index (χ1n) is 6.19. The number of nitrogens with one attached hydrogen (secondary N) is 1. The quantitative estimate of drug-likeness (QED) is 0.771. The number of nitrogens with zero attached hydrogens (tertiary/aromatic N) is 1. The maximum Gasteiger partial charge on any atom is 0.139 e. The molecule has 3 rings (SSSR count). The van der Waals surface area contributed by atoms with E-state index in [9.17, 15) is 4.39 Å². The minimum absolute atomic E-state index is 0.332. The molecule has 4 nitrogen and oxygen atoms in total. The van der Waals surface area contributed by atoms with Crippen LogP contribution in [0.5, 0.6) is 11.5 Å². The molecule has 0 atom stereocenters. The van der Waals surface area contributed by atoms with Gasteiger partial charge in [-0.3, -0.25) is 0 Å². The van der Waals surface area contributed by atoms with E-state index < -0.39 is 0 Å². The number of hydrogen-bond acceptors (Lipinski definition) is 3. The van der Waals surface area contributed by atoms with Crippen molar-refractivity contribution in [3.05, 3.63) is 40.6 Å². The Kier molecular flexibility index (Phi) is 3.55. The summed E-state index contributed by atoms with van der Waals surface area (Å²) in [6.45, 7) is 0. The summed E-state index contributed by atoms with van der Waals surface area (Å²) in [6.07, 6.45) is 0. The van der Waals surface area contributed by atoms with Gasteiger partial charge in [0.1, 0.15) is 23.1 Å². The Labute approximate surface area is 129 Å². The van der Waals surface area contributed by atoms with Crippen LogP contribution in [-0.2, 0) is 0 Å². The molecular weight excluding hydrogens is 339 g/mol. The van der Waals surface area contributed by atoms with Gasteiger partial charge in [-0.1, -0.05) is 0 Å². The van der Waals surface area contributed by atoms with Gasteiger partial charge in [0, 0.05) is 17.7 Å². The average molecular weight is 351 g/mol. The van der Waals surface area contributed by atoms with Gasteiger partial charge in [-0.05, 0) is 34.1 Å². The molecule has 1 aromatic heterocycles. The van der Waals surface area contributed by atoms with Gasteiger partial charge in [0.15, 0.2) is 0 Å². The summed E-state index contributed by atoms with van der Waals surface area (Å²) in [6, 6.07) is 8.51. The van der Waals surface area contributed by atoms with E-state index in [-0.39, 0.29) is 5.82 Å². The van der Waals surface area contributed by atoms with E-state index in [0.29, 0.717) is 32.8 Å². The molecule has 0 saturated heterocycles. The lowest BCUT2D eigenvalue weighted by atomic mass is 10.2. The molecule has 0 amide bonds. The topological polar surface area (TPSA) is 47.1 Å². The van der Waals surface area contributed by atoms with Crippen LogP contribution >= 0.6 is 15.9 Å². The number of methoxy groups -OCH3 is 2. The van der Waals surface area contributed by atoms with Gasteiger partial charge in [-0.25, -0.2) is 9.37 Å². The Balaban J connectivity index is 2.15. The monoisotopic (exact) mass is 350 g/mol. The van der Waals surface area contributed by atoms with E-state index in [1.807, 2.05) is 12.1 Å². The van der Waals surface area contributed by atoms with Crippen LogP contribution in [0.25, 0.3) is 22.4 Å². The highest BCUT2D eigenvalue weighted by Crippen LogP contribution is 2.30. The SMILES string of the molecule is COc1cc(OC)cc(-c2nc3cc(Br)c(F)cc3[nH]2)c1. The average Bonchev–Trinajstić information content (AvgIpc) is 2.90. The molecule has 0 bridgehead atoms. The first-order chi connectivity index (χ1) is 10.1. The Morgan fingerprint density at radius 2 is 1.71 bits per heavy atom. The molecular formula is C15H12BrFN2O2. The molecule has 6 heteroatoms. The van der Waals surface area contributed by atoms with E-state index in [2.05, 4.69) is 25.9 Å². The molecule has 1 N–H and O–H groups in total. The Hall–Kier alpha value is -2.08. The fraction of sp³-hybridized carbons (Fsp3) is 0.133. The van der Waals surface area contributed by atoms with Crippen LogP contribution in [0.3, 0.4) is 0 Å². The molecule has 0 radical (unpaired) electrons. The summed E-state index contributed by atoms with van der Waals surface area (Å²) in [5.41, 5.74) is 2.12. The fourth-order valence-corrected chi connectivity index (χ4v) is 2.42. The van der Waals surface area contributed by atoms with Crippen LogP contribution in [0.4, 0.5) is 4.39 Å². The van der Waals surface area contributed by atoms with Crippen molar-refractivity contribution in [1.82, 2.24) is 9.97 Å². The van der Waals surface area contributed by atoms with Gasteiger partial charge in [0.05, 0.1) is 29.7 Å². The van der Waals surface area contributed by atoms with Crippen LogP contribution in [-0.4, -0.2) is 24.2 Å². The fourth-order valence-electron chi connectivity index (χ4n) is 2.09. The van der Waals surface area contributed by atoms with Crippen molar-refractivity contribution in [2.75, 3.05) is 14.2 Å². The van der Waals surface area contributed by atoms with Gasteiger partial charge >= 0.3 is 0 Å². The smallest absolute Gasteiger partial charge is 0.139 e. The third-order valence-electron chi connectivity index (χ3n) is 3.15. The zero-order chi connectivity index (χ0) is 15.0. The molecule has 1 heterocycles. The summed E-state index contributed by atoms with van der Waals surface area (Å²) in [4.78, 5) is 7.57. The van der Waals surface area contributed by atoms with Gasteiger partial charge < -0.3 is 14.5 Å². The maximum absolute atomic E-state index is 13.6. The highest BCUT2D eigenvalue weighted by atomic mass is 79.9. The van der Waals surface area contributed by atoms with Crippen molar-refractivity contribution in [3.63, 3.8) is 0 Å². The van der Waals surface area contributed by atoms with E-state index in [0.717, 1.165) is 5.56 Å². The van der Waals surface area contributed by atoms with Crippen molar-refractivity contribution in [3.8, 4) is 22.9 Å². The molecule has 0 spiro atoms. The second-order valence-electron chi connectivity index (χ2n) is 4.47. The predicted molar refractivity (Wildman–Crippen MR) is 82.3 cm³/mol. The predicted octanol–water partition coefficient (Wildman–Crippen LogP) is 4.15. The molecule has 0 aliphatic rings. The molecule has 0 fully saturated rings. The zero-order valence-electron chi connectivity index (χ0n) is 11.4. The van der Waals surface area contributed by atoms with E-state index in [4.69, 9.17) is 9.47 Å². The first-order valence-corrected chi connectivity index (χ1v) is 6.98. The van der Waals surface area contributed by atoms with Crippen molar-refractivity contribution < 1.29 is 13.9 Å². The Bertz CT molecular complexity index is 756. The molecule has 0 unspecified atom stereocenters. The largest absolute Gasteiger partial charge is 0.497 e. The van der Waals surface area contributed by atoms with Crippen molar-refractivity contribution in [1.29, 1.82) is 0 Å². The number of H-pyrrole nitrogens is 1. The number of aromatic amines is 1. The molecule has 0 aliphatic heterocycles. The van der Waals surface area contributed by atoms with E-state index in [1.165, 1.54) is 6.07 Å². The number of imidazole rings is 1. The second-order valence-corrected chi connectivity index (χ2v) is 5.32. The van der Waals surface area contributed by atoms with Crippen LogP contribution in [0.1, 0.15) is 0 Å². The lowest BCUT2D eigenvalue weighted by Gasteiger charge is -2.06. The lowest BCUT2D eigenvalue weighted by Crippen LogP contribution is -1.89. The first kappa shape index (κ1) is 13.9. The Morgan fingerprint density at radius 3 is 2.33 bits per heavy atom. The third-order valence-corrected chi connectivity index (χ3v) is 3.76. The van der Waals surface area contributed by atoms with Crippen LogP contribution < -0.4 is 9.47 Å². The summed E-state index contributed by atoms with van der Waals surface area (Å²) >= 11 is 3.16. The molecule has 108 valence electrons. The summed E-state index contributed by atoms with van der Waals surface area (Å²) in [5.74, 6) is 1.62. The van der Waals surface area contributed by atoms with E-state index in [1.54, 1.807) is 26.4 Å². The summed E-state index contributed by atoms with van der Waals surface area (Å²) < 4.78 is 24.4. The number of halogens is 2. The second kappa shape index (κ2) is 5.37. The van der Waals surface area contributed by atoms with Gasteiger partial charge in [0.25, 0.3) is 0 Å². The molecule has 2 aromatic carbocycles. The number of aromatic nitrogens is 2. The molecule has 0 saturated carbocycles. The summed E-state index contributed by atoms with van der Waals surface area (Å²) in [5, 5.41) is 0. The number of ether oxygens (including phenoxy) is 2. The normalized spacial score (nSPS) is 10.9. The number of rotatable bonds is 3. The van der Waals surface area contributed by atoms with Crippen molar-refractivity contribution in [2.45, 2.75) is 0 Å². The third kappa shape index (κ3) is 2.58. The number of benzene rings is 2. The van der Waals surface area contributed by atoms with Crippen molar-refractivity contribution in [2.24, 2.45) is 0 Å². The standard InChI is InChI=1S/C15H12BrFN2O2/c1-20-9-3-8(4-10(5-9)21-2)15-18-13-6-11(16)12(17)7-14(13)19-15/h3-7H,1-2H3,(H,18,19). The molecule has 0 aliphatic carbocycles. The minimum Gasteiger partial charge on any atom is -0.497 e. The minimum atomic E-state index is -0.332. The highest BCUT2D eigenvalue weighted by molar-refractivity contribution is 9.10. The van der Waals surface area contributed by atoms with Crippen LogP contribution in [0.15, 0.2) is 34.8 Å². The Morgan fingerprint density at radius 1 is 1.05 bits per heavy atom. The number of fused-ring (bicyclic) bond motifs is 1. The number of hydrogen-bond donors (Lipinski definition) is 1.